The van der Waals surface area contributed by atoms with Crippen molar-refractivity contribution in [2.45, 2.75) is 51.9 Å². The van der Waals surface area contributed by atoms with Crippen LogP contribution in [0.3, 0.4) is 0 Å². The number of pyridine rings is 1. The maximum absolute atomic E-state index is 9.40. The third-order valence-electron chi connectivity index (χ3n) is 5.03. The van der Waals surface area contributed by atoms with Gasteiger partial charge in [-0.05, 0) is 54.3 Å². The van der Waals surface area contributed by atoms with Crippen LogP contribution in [-0.2, 0) is 6.42 Å². The lowest BCUT2D eigenvalue weighted by atomic mass is 10.0. The first-order chi connectivity index (χ1) is 13.3. The molecule has 0 amide bonds. The molecule has 1 aromatic heterocycles. The number of benzene rings is 2. The van der Waals surface area contributed by atoms with Crippen molar-refractivity contribution in [3.8, 4) is 28.1 Å². The van der Waals surface area contributed by atoms with Gasteiger partial charge in [-0.15, -0.1) is 0 Å². The molecule has 0 saturated carbocycles. The van der Waals surface area contributed by atoms with E-state index in [2.05, 4.69) is 42.2 Å². The molecular formula is C25H29NO. The van der Waals surface area contributed by atoms with E-state index in [0.29, 0.717) is 0 Å². The molecule has 0 unspecified atom stereocenters. The number of hydrogen-bond donors (Lipinski definition) is 1. The van der Waals surface area contributed by atoms with Gasteiger partial charge in [-0.25, -0.2) is 0 Å². The lowest BCUT2D eigenvalue weighted by molar-refractivity contribution is 0.475. The summed E-state index contributed by atoms with van der Waals surface area (Å²) in [6.45, 7) is 2.26. The molecule has 0 saturated heterocycles. The molecular weight excluding hydrogens is 330 g/mol. The van der Waals surface area contributed by atoms with Crippen LogP contribution >= 0.6 is 0 Å². The quantitative estimate of drug-likeness (QED) is 0.416. The Morgan fingerprint density at radius 2 is 1.30 bits per heavy atom. The first-order valence-corrected chi connectivity index (χ1v) is 10.1. The zero-order chi connectivity index (χ0) is 18.9. The van der Waals surface area contributed by atoms with Crippen molar-refractivity contribution >= 4 is 0 Å². The molecule has 2 aromatic carbocycles. The van der Waals surface area contributed by atoms with E-state index in [4.69, 9.17) is 0 Å². The van der Waals surface area contributed by atoms with Crippen molar-refractivity contribution in [2.75, 3.05) is 0 Å². The minimum atomic E-state index is 0.274. The van der Waals surface area contributed by atoms with E-state index < -0.39 is 0 Å². The van der Waals surface area contributed by atoms with E-state index in [1.807, 2.05) is 24.4 Å². The van der Waals surface area contributed by atoms with E-state index in [9.17, 15) is 5.11 Å². The molecule has 0 aliphatic rings. The highest BCUT2D eigenvalue weighted by Gasteiger charge is 2.03. The average molecular weight is 360 g/mol. The molecule has 0 radical (unpaired) electrons. The Morgan fingerprint density at radius 1 is 0.667 bits per heavy atom. The van der Waals surface area contributed by atoms with Gasteiger partial charge in [-0.2, -0.15) is 0 Å². The van der Waals surface area contributed by atoms with Crippen molar-refractivity contribution in [1.82, 2.24) is 4.98 Å². The molecule has 3 rings (SSSR count). The molecule has 140 valence electrons. The summed E-state index contributed by atoms with van der Waals surface area (Å²) in [6, 6.07) is 20.2. The number of hydrogen-bond acceptors (Lipinski definition) is 2. The van der Waals surface area contributed by atoms with E-state index in [1.165, 1.54) is 56.1 Å². The van der Waals surface area contributed by atoms with E-state index in [-0.39, 0.29) is 5.75 Å². The van der Waals surface area contributed by atoms with Crippen molar-refractivity contribution < 1.29 is 5.11 Å². The molecule has 0 bridgehead atoms. The van der Waals surface area contributed by atoms with Gasteiger partial charge >= 0.3 is 0 Å². The van der Waals surface area contributed by atoms with Crippen LogP contribution in [0.1, 0.15) is 51.0 Å². The SMILES string of the molecule is CCCCCCCCc1ccc(-c2ccc(-c3ccc(O)cc3)nc2)cc1. The molecule has 0 atom stereocenters. The van der Waals surface area contributed by atoms with Crippen LogP contribution in [0.25, 0.3) is 22.4 Å². The Bertz CT molecular complexity index is 804. The van der Waals surface area contributed by atoms with Gasteiger partial charge in [0.05, 0.1) is 5.69 Å². The van der Waals surface area contributed by atoms with Crippen molar-refractivity contribution in [1.29, 1.82) is 0 Å². The van der Waals surface area contributed by atoms with Gasteiger partial charge in [0.25, 0.3) is 0 Å². The van der Waals surface area contributed by atoms with E-state index >= 15 is 0 Å². The second kappa shape index (κ2) is 9.91. The Labute approximate surface area is 162 Å². The molecule has 27 heavy (non-hydrogen) atoms. The van der Waals surface area contributed by atoms with Gasteiger partial charge in [0.2, 0.25) is 0 Å². The van der Waals surface area contributed by atoms with Crippen LogP contribution in [0.5, 0.6) is 5.75 Å². The van der Waals surface area contributed by atoms with E-state index in [1.54, 1.807) is 12.1 Å². The molecule has 2 heteroatoms. The Hall–Kier alpha value is -2.61. The zero-order valence-corrected chi connectivity index (χ0v) is 16.2. The average Bonchev–Trinajstić information content (AvgIpc) is 2.72. The maximum atomic E-state index is 9.40. The van der Waals surface area contributed by atoms with Gasteiger partial charge in [-0.3, -0.25) is 4.98 Å². The van der Waals surface area contributed by atoms with Gasteiger partial charge < -0.3 is 5.11 Å². The predicted octanol–water partition coefficient (Wildman–Crippen LogP) is 7.02. The Morgan fingerprint density at radius 3 is 1.96 bits per heavy atom. The topological polar surface area (TPSA) is 33.1 Å². The first-order valence-electron chi connectivity index (χ1n) is 10.1. The fraction of sp³-hybridized carbons (Fsp3) is 0.320. The minimum Gasteiger partial charge on any atom is -0.508 e. The normalized spacial score (nSPS) is 10.9. The summed E-state index contributed by atoms with van der Waals surface area (Å²) in [4.78, 5) is 4.58. The lowest BCUT2D eigenvalue weighted by Crippen LogP contribution is -1.88. The summed E-state index contributed by atoms with van der Waals surface area (Å²) in [5, 5.41) is 9.40. The van der Waals surface area contributed by atoms with Gasteiger partial charge in [0.1, 0.15) is 5.75 Å². The number of aromatic hydroxyl groups is 1. The molecule has 0 aliphatic carbocycles. The summed E-state index contributed by atoms with van der Waals surface area (Å²) >= 11 is 0. The van der Waals surface area contributed by atoms with Crippen LogP contribution in [0.15, 0.2) is 66.9 Å². The number of aryl methyl sites for hydroxylation is 1. The largest absolute Gasteiger partial charge is 0.508 e. The van der Waals surface area contributed by atoms with E-state index in [0.717, 1.165) is 16.8 Å². The molecule has 1 heterocycles. The maximum Gasteiger partial charge on any atom is 0.115 e. The summed E-state index contributed by atoms with van der Waals surface area (Å²) in [5.41, 5.74) is 5.67. The van der Waals surface area contributed by atoms with Gasteiger partial charge in [0, 0.05) is 17.3 Å². The summed E-state index contributed by atoms with van der Waals surface area (Å²) < 4.78 is 0. The standard InChI is InChI=1S/C25H29NO/c1-2-3-4-5-6-7-8-20-9-11-21(12-10-20)23-15-18-25(26-19-23)22-13-16-24(27)17-14-22/h9-19,27H,2-8H2,1H3. The van der Waals surface area contributed by atoms with Crippen LogP contribution in [0, 0.1) is 0 Å². The summed E-state index contributed by atoms with van der Waals surface area (Å²) in [6.07, 6.45) is 11.1. The summed E-state index contributed by atoms with van der Waals surface area (Å²) in [7, 11) is 0. The number of nitrogens with zero attached hydrogens (tertiary/aromatic N) is 1. The number of aromatic nitrogens is 1. The number of phenolic OH excluding ortho intramolecular Hbond substituents is 1. The first kappa shape index (κ1) is 19.2. The molecule has 1 N–H and O–H groups in total. The number of rotatable bonds is 9. The second-order valence-corrected chi connectivity index (χ2v) is 7.19. The van der Waals surface area contributed by atoms with Crippen LogP contribution < -0.4 is 0 Å². The van der Waals surface area contributed by atoms with Crippen molar-refractivity contribution in [2.24, 2.45) is 0 Å². The molecule has 2 nitrogen and oxygen atoms in total. The fourth-order valence-electron chi connectivity index (χ4n) is 3.34. The van der Waals surface area contributed by atoms with Crippen molar-refractivity contribution in [3.63, 3.8) is 0 Å². The minimum absolute atomic E-state index is 0.274. The number of unbranched alkanes of at least 4 members (excludes halogenated alkanes) is 5. The molecule has 3 aromatic rings. The fourth-order valence-corrected chi connectivity index (χ4v) is 3.34. The van der Waals surface area contributed by atoms with Crippen LogP contribution in [0.4, 0.5) is 0 Å². The molecule has 0 fully saturated rings. The smallest absolute Gasteiger partial charge is 0.115 e. The highest BCUT2D eigenvalue weighted by atomic mass is 16.3. The third-order valence-corrected chi connectivity index (χ3v) is 5.03. The highest BCUT2D eigenvalue weighted by Crippen LogP contribution is 2.24. The third kappa shape index (κ3) is 5.68. The highest BCUT2D eigenvalue weighted by molar-refractivity contribution is 5.67. The van der Waals surface area contributed by atoms with Gasteiger partial charge in [-0.1, -0.05) is 69.4 Å². The van der Waals surface area contributed by atoms with Crippen LogP contribution in [0.2, 0.25) is 0 Å². The molecule has 0 spiro atoms. The molecule has 0 aliphatic heterocycles. The second-order valence-electron chi connectivity index (χ2n) is 7.19. The monoisotopic (exact) mass is 359 g/mol. The van der Waals surface area contributed by atoms with Crippen LogP contribution in [-0.4, -0.2) is 10.1 Å². The Kier molecular flexibility index (Phi) is 7.04. The van der Waals surface area contributed by atoms with Gasteiger partial charge in [0.15, 0.2) is 0 Å². The Balaban J connectivity index is 1.56. The zero-order valence-electron chi connectivity index (χ0n) is 16.2. The predicted molar refractivity (Wildman–Crippen MR) is 114 cm³/mol. The van der Waals surface area contributed by atoms with Crippen molar-refractivity contribution in [3.05, 3.63) is 72.4 Å². The summed E-state index contributed by atoms with van der Waals surface area (Å²) in [5.74, 6) is 0.274. The number of phenols is 1. The lowest BCUT2D eigenvalue weighted by Gasteiger charge is -2.06.